The molecule has 0 bridgehead atoms. The molecule has 0 N–H and O–H groups in total. The van der Waals surface area contributed by atoms with E-state index in [2.05, 4.69) is 4.90 Å². The van der Waals surface area contributed by atoms with Crippen molar-refractivity contribution in [1.82, 2.24) is 9.80 Å². The number of hydrogen-bond acceptors (Lipinski definition) is 8. The maximum Gasteiger partial charge on any atom is 0.255 e. The van der Waals surface area contributed by atoms with Gasteiger partial charge in [-0.25, -0.2) is 0 Å². The average Bonchev–Trinajstić information content (AvgIpc) is 3.16. The molecule has 8 nitrogen and oxygen atoms in total. The average molecular weight is 465 g/mol. The Morgan fingerprint density at radius 1 is 1.09 bits per heavy atom. The van der Waals surface area contributed by atoms with Crippen molar-refractivity contribution in [3.05, 3.63) is 29.3 Å². The summed E-state index contributed by atoms with van der Waals surface area (Å²) in [6.45, 7) is 7.29. The first-order valence-electron chi connectivity index (χ1n) is 11.1. The van der Waals surface area contributed by atoms with E-state index in [9.17, 15) is 14.4 Å². The van der Waals surface area contributed by atoms with Gasteiger partial charge in [0.05, 0.1) is 45.7 Å². The number of rotatable bonds is 15. The number of carbonyl (C=O) groups excluding carboxylic acids is 3. The van der Waals surface area contributed by atoms with Crippen LogP contribution in [0.25, 0.3) is 0 Å². The Morgan fingerprint density at radius 3 is 2.62 bits per heavy atom. The fourth-order valence-corrected chi connectivity index (χ4v) is 4.76. The minimum atomic E-state index is -0.565. The van der Waals surface area contributed by atoms with Crippen LogP contribution in [0.15, 0.2) is 23.1 Å². The van der Waals surface area contributed by atoms with Crippen LogP contribution in [0.5, 0.6) is 0 Å². The molecule has 0 saturated carbocycles. The summed E-state index contributed by atoms with van der Waals surface area (Å²) >= 11 is 1.65. The van der Waals surface area contributed by atoms with E-state index in [1.807, 2.05) is 12.1 Å². The molecule has 2 heterocycles. The summed E-state index contributed by atoms with van der Waals surface area (Å²) in [5, 5.41) is 0. The number of aldehydes is 2. The lowest BCUT2D eigenvalue weighted by molar-refractivity contribution is -0.112. The van der Waals surface area contributed by atoms with Crippen molar-refractivity contribution in [2.75, 3.05) is 65.0 Å². The molecular formula is C23H32N2O6S. The topological polar surface area (TPSA) is 85.4 Å². The molecule has 1 saturated heterocycles. The van der Waals surface area contributed by atoms with Gasteiger partial charge in [-0.3, -0.25) is 9.69 Å². The summed E-state index contributed by atoms with van der Waals surface area (Å²) in [4.78, 5) is 39.8. The van der Waals surface area contributed by atoms with Crippen LogP contribution in [0.1, 0.15) is 28.8 Å². The maximum atomic E-state index is 12.7. The predicted octanol–water partition coefficient (Wildman–Crippen LogP) is 1.65. The second-order valence-electron chi connectivity index (χ2n) is 7.69. The molecular weight excluding hydrogens is 432 g/mol. The van der Waals surface area contributed by atoms with Gasteiger partial charge in [-0.2, -0.15) is 0 Å². The van der Waals surface area contributed by atoms with Gasteiger partial charge >= 0.3 is 0 Å². The Morgan fingerprint density at radius 2 is 1.88 bits per heavy atom. The van der Waals surface area contributed by atoms with Gasteiger partial charge in [0.25, 0.3) is 5.91 Å². The number of morpholine rings is 1. The van der Waals surface area contributed by atoms with Crippen LogP contribution in [0, 0.1) is 0 Å². The summed E-state index contributed by atoms with van der Waals surface area (Å²) in [7, 11) is 0. The third kappa shape index (κ3) is 7.11. The van der Waals surface area contributed by atoms with E-state index in [0.29, 0.717) is 45.0 Å². The summed E-state index contributed by atoms with van der Waals surface area (Å²) in [6.07, 6.45) is 2.16. The molecule has 2 aliphatic rings. The molecule has 0 radical (unpaired) electrons. The van der Waals surface area contributed by atoms with Gasteiger partial charge in [0.15, 0.2) is 0 Å². The molecule has 1 fully saturated rings. The number of amides is 1. The van der Waals surface area contributed by atoms with Gasteiger partial charge in [-0.1, -0.05) is 6.07 Å². The van der Waals surface area contributed by atoms with E-state index in [4.69, 9.17) is 14.2 Å². The first-order chi connectivity index (χ1) is 15.7. The Hall–Kier alpha value is -1.78. The first kappa shape index (κ1) is 24.9. The molecule has 0 spiro atoms. The molecule has 1 amide bonds. The van der Waals surface area contributed by atoms with Gasteiger partial charge in [0.2, 0.25) is 0 Å². The number of fused-ring (bicyclic) bond motifs is 1. The van der Waals surface area contributed by atoms with Crippen molar-refractivity contribution in [2.45, 2.75) is 30.3 Å². The highest BCUT2D eigenvalue weighted by Gasteiger charge is 2.33. The molecule has 0 aliphatic carbocycles. The molecule has 1 aromatic carbocycles. The maximum absolute atomic E-state index is 12.7. The SMILES string of the molecule is O=CCCC(C=O)N1Cc2c(SCCOCCOCCN3CCOCC3)cccc2C1=O. The first-order valence-corrected chi connectivity index (χ1v) is 12.1. The number of nitrogens with zero attached hydrogens (tertiary/aromatic N) is 2. The summed E-state index contributed by atoms with van der Waals surface area (Å²) in [5.41, 5.74) is 1.59. The second kappa shape index (κ2) is 13.7. The van der Waals surface area contributed by atoms with E-state index >= 15 is 0 Å². The lowest BCUT2D eigenvalue weighted by atomic mass is 10.1. The van der Waals surface area contributed by atoms with E-state index in [0.717, 1.165) is 61.6 Å². The highest BCUT2D eigenvalue weighted by molar-refractivity contribution is 7.99. The largest absolute Gasteiger partial charge is 0.379 e. The van der Waals surface area contributed by atoms with Crippen molar-refractivity contribution >= 4 is 30.2 Å². The van der Waals surface area contributed by atoms with Crippen molar-refractivity contribution in [1.29, 1.82) is 0 Å². The lowest BCUT2D eigenvalue weighted by Crippen LogP contribution is -2.38. The molecule has 1 atom stereocenters. The van der Waals surface area contributed by atoms with Crippen molar-refractivity contribution in [3.63, 3.8) is 0 Å². The Labute approximate surface area is 193 Å². The van der Waals surface area contributed by atoms with Crippen molar-refractivity contribution < 1.29 is 28.6 Å². The quantitative estimate of drug-likeness (QED) is 0.220. The van der Waals surface area contributed by atoms with Crippen LogP contribution in [-0.4, -0.2) is 99.3 Å². The molecule has 2 aliphatic heterocycles. The van der Waals surface area contributed by atoms with Gasteiger partial charge in [0.1, 0.15) is 12.6 Å². The molecule has 32 heavy (non-hydrogen) atoms. The standard InChI is InChI=1S/C23H32N2O6S/c26-9-2-3-19(18-27)25-17-21-20(23(25)28)4-1-5-22(21)32-16-15-31-14-13-30-12-8-24-6-10-29-11-7-24/h1,4-5,9,18-19H,2-3,6-8,10-17H2. The third-order valence-corrected chi connectivity index (χ3v) is 6.67. The van der Waals surface area contributed by atoms with Crippen LogP contribution >= 0.6 is 11.8 Å². The van der Waals surface area contributed by atoms with Crippen molar-refractivity contribution in [3.8, 4) is 0 Å². The molecule has 3 rings (SSSR count). The predicted molar refractivity (Wildman–Crippen MR) is 121 cm³/mol. The van der Waals surface area contributed by atoms with Crippen LogP contribution < -0.4 is 0 Å². The zero-order valence-electron chi connectivity index (χ0n) is 18.4. The summed E-state index contributed by atoms with van der Waals surface area (Å²) in [5.74, 6) is 0.622. The normalized spacial score (nSPS) is 17.4. The third-order valence-electron chi connectivity index (χ3n) is 5.60. The number of thioether (sulfide) groups is 1. The number of ether oxygens (including phenoxy) is 3. The fraction of sp³-hybridized carbons (Fsp3) is 0.609. The number of benzene rings is 1. The van der Waals surface area contributed by atoms with Crippen LogP contribution in [0.3, 0.4) is 0 Å². The summed E-state index contributed by atoms with van der Waals surface area (Å²) < 4.78 is 16.6. The molecule has 1 unspecified atom stereocenters. The van der Waals surface area contributed by atoms with Crippen LogP contribution in [0.4, 0.5) is 0 Å². The minimum absolute atomic E-state index is 0.143. The Balaban J connectivity index is 1.34. The van der Waals surface area contributed by atoms with Crippen molar-refractivity contribution in [2.24, 2.45) is 0 Å². The monoisotopic (exact) mass is 464 g/mol. The zero-order chi connectivity index (χ0) is 22.6. The zero-order valence-corrected chi connectivity index (χ0v) is 19.2. The molecule has 0 aromatic heterocycles. The van der Waals surface area contributed by atoms with E-state index in [1.54, 1.807) is 22.7 Å². The summed E-state index contributed by atoms with van der Waals surface area (Å²) in [6, 6.07) is 5.10. The molecule has 9 heteroatoms. The highest BCUT2D eigenvalue weighted by Crippen LogP contribution is 2.33. The number of carbonyl (C=O) groups is 3. The fourth-order valence-electron chi connectivity index (χ4n) is 3.82. The minimum Gasteiger partial charge on any atom is -0.379 e. The second-order valence-corrected chi connectivity index (χ2v) is 8.83. The van der Waals surface area contributed by atoms with Crippen LogP contribution in [0.2, 0.25) is 0 Å². The molecule has 176 valence electrons. The molecule has 1 aromatic rings. The van der Waals surface area contributed by atoms with Gasteiger partial charge in [-0.05, 0) is 24.1 Å². The van der Waals surface area contributed by atoms with Gasteiger partial charge in [0, 0.05) is 48.8 Å². The Kier molecular flexibility index (Phi) is 10.6. The van der Waals surface area contributed by atoms with Crippen LogP contribution in [-0.2, 0) is 30.3 Å². The smallest absolute Gasteiger partial charge is 0.255 e. The van der Waals surface area contributed by atoms with E-state index in [1.165, 1.54) is 0 Å². The Bertz CT molecular complexity index is 756. The van der Waals surface area contributed by atoms with Gasteiger partial charge in [-0.15, -0.1) is 11.8 Å². The van der Waals surface area contributed by atoms with E-state index < -0.39 is 6.04 Å². The number of hydrogen-bond donors (Lipinski definition) is 0. The lowest BCUT2D eigenvalue weighted by Gasteiger charge is -2.26. The van der Waals surface area contributed by atoms with E-state index in [-0.39, 0.29) is 12.3 Å². The van der Waals surface area contributed by atoms with Gasteiger partial charge < -0.3 is 28.7 Å². The highest BCUT2D eigenvalue weighted by atomic mass is 32.2.